The number of rotatable bonds is 6. The van der Waals surface area contributed by atoms with Crippen molar-refractivity contribution in [1.29, 1.82) is 0 Å². The van der Waals surface area contributed by atoms with Crippen LogP contribution in [0.4, 0.5) is 0 Å². The molecule has 0 radical (unpaired) electrons. The molecule has 0 spiro atoms. The number of methoxy groups -OCH3 is 1. The van der Waals surface area contributed by atoms with Gasteiger partial charge in [0.1, 0.15) is 6.23 Å². The zero-order valence-corrected chi connectivity index (χ0v) is 13.2. The van der Waals surface area contributed by atoms with Crippen molar-refractivity contribution in [2.75, 3.05) is 13.7 Å². The molecule has 1 aliphatic heterocycles. The largest absolute Gasteiger partial charge is 0.382 e. The molecule has 0 N–H and O–H groups in total. The van der Waals surface area contributed by atoms with Gasteiger partial charge in [0.25, 0.3) is 0 Å². The van der Waals surface area contributed by atoms with Gasteiger partial charge in [-0.25, -0.2) is 9.78 Å². The highest BCUT2D eigenvalue weighted by Gasteiger charge is 2.33. The van der Waals surface area contributed by atoms with Crippen LogP contribution >= 0.6 is 0 Å². The van der Waals surface area contributed by atoms with Crippen molar-refractivity contribution < 1.29 is 14.3 Å². The Balaban J connectivity index is 2.19. The standard InChI is InChI=1S/C16H22N2O4/c1-4-13(19)6-5-12-8-17-16(20)18(9-12)15-7-11(2)14(22-15)10-21-3/h5-6,8-9,11,14-15H,4,7,10H2,1-3H3/b6-5+/t11?,14-,15-/m1/s1. The van der Waals surface area contributed by atoms with Crippen LogP contribution in [0.1, 0.15) is 38.5 Å². The number of ether oxygens (including phenoxy) is 2. The van der Waals surface area contributed by atoms with Gasteiger partial charge in [-0.05, 0) is 24.5 Å². The Morgan fingerprint density at radius 3 is 3.05 bits per heavy atom. The summed E-state index contributed by atoms with van der Waals surface area (Å²) < 4.78 is 12.5. The van der Waals surface area contributed by atoms with Crippen molar-refractivity contribution in [2.45, 2.75) is 39.0 Å². The third-order valence-corrected chi connectivity index (χ3v) is 3.82. The van der Waals surface area contributed by atoms with Crippen LogP contribution in [-0.4, -0.2) is 35.2 Å². The first-order chi connectivity index (χ1) is 10.5. The van der Waals surface area contributed by atoms with E-state index in [2.05, 4.69) is 11.9 Å². The molecule has 3 atom stereocenters. The maximum atomic E-state index is 12.0. The molecule has 1 aromatic heterocycles. The quantitative estimate of drug-likeness (QED) is 0.750. The fourth-order valence-electron chi connectivity index (χ4n) is 2.45. The second-order valence-corrected chi connectivity index (χ2v) is 5.53. The predicted octanol–water partition coefficient (Wildman–Crippen LogP) is 1.81. The van der Waals surface area contributed by atoms with Crippen molar-refractivity contribution in [2.24, 2.45) is 5.92 Å². The first-order valence-corrected chi connectivity index (χ1v) is 7.48. The number of hydrogen-bond acceptors (Lipinski definition) is 5. The average molecular weight is 306 g/mol. The molecule has 0 amide bonds. The molecular formula is C16H22N2O4. The van der Waals surface area contributed by atoms with Crippen molar-refractivity contribution in [3.8, 4) is 0 Å². The van der Waals surface area contributed by atoms with Gasteiger partial charge < -0.3 is 9.47 Å². The van der Waals surface area contributed by atoms with Crippen LogP contribution in [0.2, 0.25) is 0 Å². The van der Waals surface area contributed by atoms with Gasteiger partial charge in [-0.3, -0.25) is 9.36 Å². The summed E-state index contributed by atoms with van der Waals surface area (Å²) in [5.74, 6) is 0.335. The van der Waals surface area contributed by atoms with Gasteiger partial charge >= 0.3 is 5.69 Å². The lowest BCUT2D eigenvalue weighted by Gasteiger charge is -2.16. The van der Waals surface area contributed by atoms with Crippen LogP contribution in [0.3, 0.4) is 0 Å². The summed E-state index contributed by atoms with van der Waals surface area (Å²) in [5, 5.41) is 0. The van der Waals surface area contributed by atoms with Gasteiger partial charge in [0, 0.05) is 31.5 Å². The van der Waals surface area contributed by atoms with Crippen molar-refractivity contribution in [3.63, 3.8) is 0 Å². The number of allylic oxidation sites excluding steroid dienone is 1. The van der Waals surface area contributed by atoms with Gasteiger partial charge in [0.15, 0.2) is 5.78 Å². The Morgan fingerprint density at radius 1 is 1.59 bits per heavy atom. The lowest BCUT2D eigenvalue weighted by atomic mass is 10.0. The second-order valence-electron chi connectivity index (χ2n) is 5.53. The highest BCUT2D eigenvalue weighted by molar-refractivity contribution is 5.93. The molecule has 0 bridgehead atoms. The van der Waals surface area contributed by atoms with E-state index in [-0.39, 0.29) is 23.8 Å². The molecule has 0 aromatic carbocycles. The first-order valence-electron chi connectivity index (χ1n) is 7.48. The lowest BCUT2D eigenvalue weighted by molar-refractivity contribution is -0.114. The summed E-state index contributed by atoms with van der Waals surface area (Å²) in [5.41, 5.74) is 0.349. The van der Waals surface area contributed by atoms with Crippen LogP contribution in [0.25, 0.3) is 6.08 Å². The third-order valence-electron chi connectivity index (χ3n) is 3.82. The smallest absolute Gasteiger partial charge is 0.349 e. The van der Waals surface area contributed by atoms with Crippen LogP contribution in [0.15, 0.2) is 23.3 Å². The zero-order chi connectivity index (χ0) is 16.1. The van der Waals surface area contributed by atoms with Crippen molar-refractivity contribution in [3.05, 3.63) is 34.5 Å². The Labute approximate surface area is 129 Å². The SMILES string of the molecule is CCC(=O)/C=C/c1cnc(=O)n([C@H]2CC(C)[C@@H](COC)O2)c1. The summed E-state index contributed by atoms with van der Waals surface area (Å²) in [7, 11) is 1.63. The fourth-order valence-corrected chi connectivity index (χ4v) is 2.45. The molecule has 6 nitrogen and oxygen atoms in total. The Bertz CT molecular complexity index is 608. The van der Waals surface area contributed by atoms with E-state index in [9.17, 15) is 9.59 Å². The normalized spacial score (nSPS) is 25.0. The molecule has 1 fully saturated rings. The van der Waals surface area contributed by atoms with E-state index in [1.807, 2.05) is 0 Å². The molecule has 22 heavy (non-hydrogen) atoms. The zero-order valence-electron chi connectivity index (χ0n) is 13.2. The molecular weight excluding hydrogens is 284 g/mol. The van der Waals surface area contributed by atoms with E-state index < -0.39 is 0 Å². The van der Waals surface area contributed by atoms with Crippen molar-refractivity contribution in [1.82, 2.24) is 9.55 Å². The fraction of sp³-hybridized carbons (Fsp3) is 0.562. The third kappa shape index (κ3) is 3.90. The number of ketones is 1. The van der Waals surface area contributed by atoms with E-state index in [4.69, 9.17) is 9.47 Å². The Kier molecular flexibility index (Phi) is 5.63. The summed E-state index contributed by atoms with van der Waals surface area (Å²) in [6, 6.07) is 0. The van der Waals surface area contributed by atoms with Gasteiger partial charge in [-0.15, -0.1) is 0 Å². The first kappa shape index (κ1) is 16.6. The highest BCUT2D eigenvalue weighted by Crippen LogP contribution is 2.32. The van der Waals surface area contributed by atoms with Gasteiger partial charge in [0.2, 0.25) is 0 Å². The van der Waals surface area contributed by atoms with Gasteiger partial charge in [-0.2, -0.15) is 0 Å². The lowest BCUT2D eigenvalue weighted by Crippen LogP contribution is -2.27. The van der Waals surface area contributed by atoms with E-state index in [0.717, 1.165) is 6.42 Å². The Hall–Kier alpha value is -1.79. The maximum Gasteiger partial charge on any atom is 0.349 e. The molecule has 1 unspecified atom stereocenters. The molecule has 120 valence electrons. The minimum atomic E-state index is -0.353. The highest BCUT2D eigenvalue weighted by atomic mass is 16.5. The van der Waals surface area contributed by atoms with E-state index in [1.165, 1.54) is 16.8 Å². The number of aromatic nitrogens is 2. The summed E-state index contributed by atoms with van der Waals surface area (Å²) >= 11 is 0. The maximum absolute atomic E-state index is 12.0. The van der Waals surface area contributed by atoms with Crippen LogP contribution < -0.4 is 5.69 Å². The van der Waals surface area contributed by atoms with Crippen LogP contribution in [0, 0.1) is 5.92 Å². The van der Waals surface area contributed by atoms with E-state index in [1.54, 1.807) is 26.3 Å². The average Bonchev–Trinajstić information content (AvgIpc) is 2.87. The van der Waals surface area contributed by atoms with E-state index in [0.29, 0.717) is 24.5 Å². The minimum Gasteiger partial charge on any atom is -0.382 e. The predicted molar refractivity (Wildman–Crippen MR) is 82.4 cm³/mol. The monoisotopic (exact) mass is 306 g/mol. The molecule has 1 aliphatic rings. The minimum absolute atomic E-state index is 0.0252. The Morgan fingerprint density at radius 2 is 2.36 bits per heavy atom. The van der Waals surface area contributed by atoms with Gasteiger partial charge in [-0.1, -0.05) is 13.8 Å². The molecule has 2 rings (SSSR count). The summed E-state index contributed by atoms with van der Waals surface area (Å²) in [6.45, 7) is 4.38. The summed E-state index contributed by atoms with van der Waals surface area (Å²) in [6.07, 6.45) is 7.12. The number of carbonyl (C=O) groups excluding carboxylic acids is 1. The molecule has 2 heterocycles. The number of nitrogens with zero attached hydrogens (tertiary/aromatic N) is 2. The van der Waals surface area contributed by atoms with Gasteiger partial charge in [0.05, 0.1) is 12.7 Å². The number of hydrogen-bond donors (Lipinski definition) is 0. The topological polar surface area (TPSA) is 70.4 Å². The second kappa shape index (κ2) is 7.47. The number of carbonyl (C=O) groups is 1. The van der Waals surface area contributed by atoms with Crippen LogP contribution in [0.5, 0.6) is 0 Å². The molecule has 0 saturated carbocycles. The van der Waals surface area contributed by atoms with E-state index >= 15 is 0 Å². The molecule has 1 aromatic rings. The molecule has 1 saturated heterocycles. The molecule has 6 heteroatoms. The van der Waals surface area contributed by atoms with Crippen LogP contribution in [-0.2, 0) is 14.3 Å². The summed E-state index contributed by atoms with van der Waals surface area (Å²) in [4.78, 5) is 27.2. The molecule has 0 aliphatic carbocycles. The van der Waals surface area contributed by atoms with Crippen molar-refractivity contribution >= 4 is 11.9 Å².